The van der Waals surface area contributed by atoms with Crippen LogP contribution in [-0.4, -0.2) is 34.1 Å². The van der Waals surface area contributed by atoms with Crippen molar-refractivity contribution in [3.63, 3.8) is 0 Å². The van der Waals surface area contributed by atoms with Crippen molar-refractivity contribution in [2.45, 2.75) is 83.3 Å². The second-order valence-electron chi connectivity index (χ2n) is 6.15. The average Bonchev–Trinajstić information content (AvgIpc) is 2.42. The summed E-state index contributed by atoms with van der Waals surface area (Å²) in [7, 11) is 0. The Labute approximate surface area is 118 Å². The molecule has 0 aromatic carbocycles. The van der Waals surface area contributed by atoms with E-state index in [1.54, 1.807) is 0 Å². The van der Waals surface area contributed by atoms with E-state index in [9.17, 15) is 15.3 Å². The SMILES string of the molecule is CCCCCCCCCC1CCC(O)C(O)C1CO. The van der Waals surface area contributed by atoms with Crippen molar-refractivity contribution in [2.75, 3.05) is 6.61 Å². The first-order valence-electron chi connectivity index (χ1n) is 8.17. The highest BCUT2D eigenvalue weighted by molar-refractivity contribution is 4.86. The van der Waals surface area contributed by atoms with E-state index >= 15 is 0 Å². The lowest BCUT2D eigenvalue weighted by molar-refractivity contribution is -0.0837. The van der Waals surface area contributed by atoms with E-state index in [0.717, 1.165) is 12.8 Å². The van der Waals surface area contributed by atoms with Gasteiger partial charge in [0, 0.05) is 12.5 Å². The number of hydrogen-bond donors (Lipinski definition) is 3. The molecule has 1 saturated carbocycles. The molecule has 114 valence electrons. The number of hydrogen-bond acceptors (Lipinski definition) is 3. The maximum absolute atomic E-state index is 9.90. The molecule has 1 fully saturated rings. The molecule has 19 heavy (non-hydrogen) atoms. The first-order chi connectivity index (χ1) is 9.20. The molecule has 0 saturated heterocycles. The summed E-state index contributed by atoms with van der Waals surface area (Å²) < 4.78 is 0. The fraction of sp³-hybridized carbons (Fsp3) is 1.00. The minimum atomic E-state index is -0.728. The van der Waals surface area contributed by atoms with Gasteiger partial charge in [-0.15, -0.1) is 0 Å². The Bertz CT molecular complexity index is 220. The van der Waals surface area contributed by atoms with E-state index in [1.165, 1.54) is 44.9 Å². The summed E-state index contributed by atoms with van der Waals surface area (Å²) in [5.41, 5.74) is 0. The number of rotatable bonds is 9. The third kappa shape index (κ3) is 5.80. The molecule has 0 amide bonds. The minimum Gasteiger partial charge on any atom is -0.396 e. The molecule has 0 radical (unpaired) electrons. The van der Waals surface area contributed by atoms with Gasteiger partial charge in [-0.2, -0.15) is 0 Å². The highest BCUT2D eigenvalue weighted by Gasteiger charge is 2.36. The van der Waals surface area contributed by atoms with E-state index in [1.807, 2.05) is 0 Å². The van der Waals surface area contributed by atoms with Gasteiger partial charge in [0.05, 0.1) is 12.2 Å². The maximum atomic E-state index is 9.90. The van der Waals surface area contributed by atoms with Gasteiger partial charge in [-0.25, -0.2) is 0 Å². The van der Waals surface area contributed by atoms with Crippen molar-refractivity contribution < 1.29 is 15.3 Å². The van der Waals surface area contributed by atoms with Crippen LogP contribution in [0.15, 0.2) is 0 Å². The van der Waals surface area contributed by atoms with Crippen molar-refractivity contribution in [3.8, 4) is 0 Å². The average molecular weight is 272 g/mol. The Hall–Kier alpha value is -0.120. The largest absolute Gasteiger partial charge is 0.396 e. The zero-order valence-corrected chi connectivity index (χ0v) is 12.4. The first-order valence-corrected chi connectivity index (χ1v) is 8.17. The Kier molecular flexibility index (Phi) is 8.67. The summed E-state index contributed by atoms with van der Waals surface area (Å²) in [5, 5.41) is 28.9. The molecule has 0 aromatic rings. The predicted octanol–water partition coefficient (Wildman–Crippen LogP) is 2.87. The molecular weight excluding hydrogens is 240 g/mol. The van der Waals surface area contributed by atoms with Crippen molar-refractivity contribution in [2.24, 2.45) is 11.8 Å². The van der Waals surface area contributed by atoms with Crippen LogP contribution < -0.4 is 0 Å². The molecule has 0 aliphatic heterocycles. The third-order valence-electron chi connectivity index (χ3n) is 4.66. The summed E-state index contributed by atoms with van der Waals surface area (Å²) in [4.78, 5) is 0. The summed E-state index contributed by atoms with van der Waals surface area (Å²) in [6.45, 7) is 2.23. The molecule has 0 heterocycles. The normalized spacial score (nSPS) is 31.6. The van der Waals surface area contributed by atoms with Gasteiger partial charge in [-0.05, 0) is 25.2 Å². The lowest BCUT2D eigenvalue weighted by atomic mass is 9.74. The molecule has 0 bridgehead atoms. The van der Waals surface area contributed by atoms with E-state index < -0.39 is 12.2 Å². The van der Waals surface area contributed by atoms with Crippen molar-refractivity contribution in [3.05, 3.63) is 0 Å². The number of unbranched alkanes of at least 4 members (excludes halogenated alkanes) is 6. The second kappa shape index (κ2) is 9.73. The van der Waals surface area contributed by atoms with Crippen LogP contribution in [0.2, 0.25) is 0 Å². The lowest BCUT2D eigenvalue weighted by Gasteiger charge is -2.37. The minimum absolute atomic E-state index is 0.000602. The smallest absolute Gasteiger partial charge is 0.0851 e. The van der Waals surface area contributed by atoms with Gasteiger partial charge in [-0.3, -0.25) is 0 Å². The zero-order chi connectivity index (χ0) is 14.1. The van der Waals surface area contributed by atoms with Crippen LogP contribution in [0, 0.1) is 11.8 Å². The van der Waals surface area contributed by atoms with Gasteiger partial charge in [-0.1, -0.05) is 51.9 Å². The Morgan fingerprint density at radius 3 is 2.16 bits per heavy atom. The Morgan fingerprint density at radius 1 is 0.895 bits per heavy atom. The second-order valence-corrected chi connectivity index (χ2v) is 6.15. The van der Waals surface area contributed by atoms with E-state index in [-0.39, 0.29) is 12.5 Å². The van der Waals surface area contributed by atoms with E-state index in [4.69, 9.17) is 0 Å². The zero-order valence-electron chi connectivity index (χ0n) is 12.4. The van der Waals surface area contributed by atoms with Crippen molar-refractivity contribution in [1.29, 1.82) is 0 Å². The molecule has 4 atom stereocenters. The van der Waals surface area contributed by atoms with Gasteiger partial charge in [0.2, 0.25) is 0 Å². The fourth-order valence-corrected chi connectivity index (χ4v) is 3.31. The molecule has 3 nitrogen and oxygen atoms in total. The highest BCUT2D eigenvalue weighted by atomic mass is 16.3. The van der Waals surface area contributed by atoms with Gasteiger partial charge in [0.15, 0.2) is 0 Å². The standard InChI is InChI=1S/C16H32O3/c1-2-3-4-5-6-7-8-9-13-10-11-15(18)16(19)14(13)12-17/h13-19H,2-12H2,1H3. The third-order valence-corrected chi connectivity index (χ3v) is 4.66. The molecule has 1 rings (SSSR count). The van der Waals surface area contributed by atoms with Gasteiger partial charge >= 0.3 is 0 Å². The maximum Gasteiger partial charge on any atom is 0.0851 e. The molecule has 3 heteroatoms. The van der Waals surface area contributed by atoms with Gasteiger partial charge in [0.1, 0.15) is 0 Å². The van der Waals surface area contributed by atoms with Crippen LogP contribution in [0.1, 0.15) is 71.1 Å². The van der Waals surface area contributed by atoms with Crippen LogP contribution in [0.4, 0.5) is 0 Å². The molecular formula is C16H32O3. The summed E-state index contributed by atoms with van der Waals surface area (Å²) >= 11 is 0. The predicted molar refractivity (Wildman–Crippen MR) is 77.9 cm³/mol. The number of aliphatic hydroxyl groups is 3. The Balaban J connectivity index is 2.14. The topological polar surface area (TPSA) is 60.7 Å². The van der Waals surface area contributed by atoms with Gasteiger partial charge < -0.3 is 15.3 Å². The quantitative estimate of drug-likeness (QED) is 0.566. The summed E-state index contributed by atoms with van der Waals surface area (Å²) in [6.07, 6.45) is 10.4. The van der Waals surface area contributed by atoms with Crippen LogP contribution in [-0.2, 0) is 0 Å². The first kappa shape index (κ1) is 16.9. The summed E-state index contributed by atoms with van der Waals surface area (Å²) in [5.74, 6) is 0.267. The van der Waals surface area contributed by atoms with Crippen LogP contribution in [0.3, 0.4) is 0 Å². The lowest BCUT2D eigenvalue weighted by Crippen LogP contribution is -2.44. The fourth-order valence-electron chi connectivity index (χ4n) is 3.31. The van der Waals surface area contributed by atoms with Crippen molar-refractivity contribution in [1.82, 2.24) is 0 Å². The molecule has 3 N–H and O–H groups in total. The summed E-state index contributed by atoms with van der Waals surface area (Å²) in [6, 6.07) is 0. The van der Waals surface area contributed by atoms with Crippen LogP contribution in [0.25, 0.3) is 0 Å². The van der Waals surface area contributed by atoms with Gasteiger partial charge in [0.25, 0.3) is 0 Å². The molecule has 0 aromatic heterocycles. The van der Waals surface area contributed by atoms with Crippen LogP contribution >= 0.6 is 0 Å². The van der Waals surface area contributed by atoms with E-state index in [2.05, 4.69) is 6.92 Å². The molecule has 1 aliphatic rings. The number of aliphatic hydroxyl groups excluding tert-OH is 3. The van der Waals surface area contributed by atoms with Crippen LogP contribution in [0.5, 0.6) is 0 Å². The molecule has 1 aliphatic carbocycles. The van der Waals surface area contributed by atoms with E-state index in [0.29, 0.717) is 12.3 Å². The highest BCUT2D eigenvalue weighted by Crippen LogP contribution is 2.34. The molecule has 0 spiro atoms. The molecule has 4 unspecified atom stereocenters. The Morgan fingerprint density at radius 2 is 1.53 bits per heavy atom. The van der Waals surface area contributed by atoms with Crippen molar-refractivity contribution >= 4 is 0 Å². The monoisotopic (exact) mass is 272 g/mol.